The van der Waals surface area contributed by atoms with Gasteiger partial charge in [-0.1, -0.05) is 30.3 Å². The molecule has 5 nitrogen and oxygen atoms in total. The average molecular weight is 358 g/mol. The number of nitrogens with zero attached hydrogens (tertiary/aromatic N) is 2. The summed E-state index contributed by atoms with van der Waals surface area (Å²) in [6, 6.07) is 10.6. The lowest BCUT2D eigenvalue weighted by Gasteiger charge is -2.40. The van der Waals surface area contributed by atoms with Crippen molar-refractivity contribution in [3.63, 3.8) is 0 Å². The van der Waals surface area contributed by atoms with Crippen molar-refractivity contribution < 1.29 is 14.3 Å². The Morgan fingerprint density at radius 2 is 1.81 bits per heavy atom. The number of rotatable bonds is 3. The van der Waals surface area contributed by atoms with Crippen LogP contribution < -0.4 is 0 Å². The van der Waals surface area contributed by atoms with Gasteiger partial charge in [0.2, 0.25) is 0 Å². The molecule has 1 saturated carbocycles. The van der Waals surface area contributed by atoms with E-state index < -0.39 is 0 Å². The molecule has 0 bridgehead atoms. The van der Waals surface area contributed by atoms with Crippen molar-refractivity contribution in [1.82, 2.24) is 9.80 Å². The molecular weight excluding hydrogens is 328 g/mol. The Balaban J connectivity index is 1.24. The highest BCUT2D eigenvalue weighted by molar-refractivity contribution is 5.67. The van der Waals surface area contributed by atoms with Crippen molar-refractivity contribution >= 4 is 6.09 Å². The van der Waals surface area contributed by atoms with Gasteiger partial charge in [-0.25, -0.2) is 4.79 Å². The lowest BCUT2D eigenvalue weighted by molar-refractivity contribution is 0.0120. The third-order valence-corrected chi connectivity index (χ3v) is 6.53. The number of amides is 1. The summed E-state index contributed by atoms with van der Waals surface area (Å²) in [7, 11) is 0. The van der Waals surface area contributed by atoms with Crippen LogP contribution in [-0.2, 0) is 16.1 Å². The summed E-state index contributed by atoms with van der Waals surface area (Å²) in [6.07, 6.45) is 5.98. The van der Waals surface area contributed by atoms with Crippen molar-refractivity contribution in [2.24, 2.45) is 5.41 Å². The van der Waals surface area contributed by atoms with E-state index in [1.807, 2.05) is 35.2 Å². The zero-order valence-electron chi connectivity index (χ0n) is 15.6. The molecule has 5 heteroatoms. The van der Waals surface area contributed by atoms with Gasteiger partial charge in [-0.3, -0.25) is 4.90 Å². The van der Waals surface area contributed by atoms with Gasteiger partial charge in [-0.15, -0.1) is 0 Å². The summed E-state index contributed by atoms with van der Waals surface area (Å²) in [5.41, 5.74) is 1.48. The predicted octanol–water partition coefficient (Wildman–Crippen LogP) is 3.29. The molecule has 2 aliphatic heterocycles. The van der Waals surface area contributed by atoms with Crippen molar-refractivity contribution in [2.75, 3.05) is 39.4 Å². The van der Waals surface area contributed by atoms with Gasteiger partial charge in [0.1, 0.15) is 6.61 Å². The number of hydrogen-bond acceptors (Lipinski definition) is 4. The molecule has 3 aliphatic rings. The maximum absolute atomic E-state index is 12.4. The maximum Gasteiger partial charge on any atom is 0.410 e. The minimum Gasteiger partial charge on any atom is -0.445 e. The second-order valence-electron chi connectivity index (χ2n) is 8.07. The summed E-state index contributed by atoms with van der Waals surface area (Å²) in [6.45, 7) is 5.96. The molecule has 1 aromatic rings. The van der Waals surface area contributed by atoms with Crippen LogP contribution >= 0.6 is 0 Å². The van der Waals surface area contributed by atoms with E-state index in [-0.39, 0.29) is 6.09 Å². The van der Waals surface area contributed by atoms with Crippen LogP contribution in [-0.4, -0.2) is 61.3 Å². The zero-order chi connectivity index (χ0) is 17.8. The normalized spacial score (nSPS) is 26.2. The summed E-state index contributed by atoms with van der Waals surface area (Å²) < 4.78 is 11.0. The zero-order valence-corrected chi connectivity index (χ0v) is 15.6. The van der Waals surface area contributed by atoms with Crippen LogP contribution in [0.1, 0.15) is 37.7 Å². The lowest BCUT2D eigenvalue weighted by Crippen LogP contribution is -2.45. The fourth-order valence-corrected chi connectivity index (χ4v) is 4.86. The Bertz CT molecular complexity index is 593. The Hall–Kier alpha value is -1.59. The fraction of sp³-hybridized carbons (Fsp3) is 0.667. The van der Waals surface area contributed by atoms with Gasteiger partial charge in [0.15, 0.2) is 0 Å². The number of likely N-dealkylation sites (tertiary alicyclic amines) is 1. The molecule has 1 amide bonds. The molecule has 0 N–H and O–H groups in total. The monoisotopic (exact) mass is 358 g/mol. The van der Waals surface area contributed by atoms with Crippen LogP contribution in [0.5, 0.6) is 0 Å². The molecule has 2 heterocycles. The molecule has 1 aliphatic carbocycles. The van der Waals surface area contributed by atoms with Crippen LogP contribution in [0.3, 0.4) is 0 Å². The van der Waals surface area contributed by atoms with Crippen LogP contribution in [0.15, 0.2) is 30.3 Å². The molecule has 26 heavy (non-hydrogen) atoms. The molecule has 0 aromatic heterocycles. The van der Waals surface area contributed by atoms with Crippen LogP contribution in [0.25, 0.3) is 0 Å². The predicted molar refractivity (Wildman–Crippen MR) is 99.9 cm³/mol. The van der Waals surface area contributed by atoms with E-state index in [9.17, 15) is 4.79 Å². The average Bonchev–Trinajstić information content (AvgIpc) is 3.12. The fourth-order valence-electron chi connectivity index (χ4n) is 4.86. The van der Waals surface area contributed by atoms with Gasteiger partial charge >= 0.3 is 6.09 Å². The van der Waals surface area contributed by atoms with E-state index in [1.54, 1.807) is 0 Å². The molecular formula is C21H30N2O3. The van der Waals surface area contributed by atoms with E-state index in [4.69, 9.17) is 9.47 Å². The smallest absolute Gasteiger partial charge is 0.410 e. The first kappa shape index (κ1) is 17.8. The van der Waals surface area contributed by atoms with Gasteiger partial charge in [0.05, 0.1) is 13.2 Å². The standard InChI is InChI=1S/C21H30N2O3/c24-20(26-17-18-4-2-1-3-5-18)23-10-8-21(9-11-23)7-6-19(16-21)22-12-14-25-15-13-22/h1-5,19H,6-17H2. The number of piperidine rings is 1. The SMILES string of the molecule is O=C(OCc1ccccc1)N1CCC2(CCC(N3CCOCC3)C2)CC1. The molecule has 1 spiro atoms. The van der Waals surface area contributed by atoms with Gasteiger partial charge in [-0.2, -0.15) is 0 Å². The lowest BCUT2D eigenvalue weighted by atomic mass is 9.77. The molecule has 0 radical (unpaired) electrons. The van der Waals surface area contributed by atoms with Gasteiger partial charge in [-0.05, 0) is 43.1 Å². The molecule has 3 fully saturated rings. The summed E-state index contributed by atoms with van der Waals surface area (Å²) >= 11 is 0. The highest BCUT2D eigenvalue weighted by Crippen LogP contribution is 2.47. The van der Waals surface area contributed by atoms with Crippen molar-refractivity contribution in [3.8, 4) is 0 Å². The Labute approximate surface area is 156 Å². The minimum absolute atomic E-state index is 0.161. The van der Waals surface area contributed by atoms with E-state index in [0.717, 1.165) is 63.8 Å². The third-order valence-electron chi connectivity index (χ3n) is 6.53. The summed E-state index contributed by atoms with van der Waals surface area (Å²) in [4.78, 5) is 16.9. The molecule has 2 saturated heterocycles. The Kier molecular flexibility index (Phi) is 5.46. The van der Waals surface area contributed by atoms with Crippen LogP contribution in [0, 0.1) is 5.41 Å². The number of benzene rings is 1. The van der Waals surface area contributed by atoms with Crippen molar-refractivity contribution in [2.45, 2.75) is 44.8 Å². The molecule has 4 rings (SSSR count). The van der Waals surface area contributed by atoms with Crippen LogP contribution in [0.4, 0.5) is 4.79 Å². The molecule has 1 aromatic carbocycles. The quantitative estimate of drug-likeness (QED) is 0.831. The maximum atomic E-state index is 12.4. The number of ether oxygens (including phenoxy) is 2. The molecule has 1 unspecified atom stereocenters. The highest BCUT2D eigenvalue weighted by atomic mass is 16.6. The molecule has 1 atom stereocenters. The summed E-state index contributed by atoms with van der Waals surface area (Å²) in [5.74, 6) is 0. The van der Waals surface area contributed by atoms with E-state index in [1.165, 1.54) is 19.3 Å². The third kappa shape index (κ3) is 4.04. The topological polar surface area (TPSA) is 42.0 Å². The van der Waals surface area contributed by atoms with Crippen molar-refractivity contribution in [3.05, 3.63) is 35.9 Å². The Morgan fingerprint density at radius 1 is 1.08 bits per heavy atom. The summed E-state index contributed by atoms with van der Waals surface area (Å²) in [5, 5.41) is 0. The van der Waals surface area contributed by atoms with E-state index in [2.05, 4.69) is 4.90 Å². The number of carbonyl (C=O) groups is 1. The van der Waals surface area contributed by atoms with Gasteiger partial charge in [0.25, 0.3) is 0 Å². The van der Waals surface area contributed by atoms with Crippen LogP contribution in [0.2, 0.25) is 0 Å². The second kappa shape index (κ2) is 7.97. The number of carbonyl (C=O) groups excluding carboxylic acids is 1. The second-order valence-corrected chi connectivity index (χ2v) is 8.07. The largest absolute Gasteiger partial charge is 0.445 e. The first-order valence-electron chi connectivity index (χ1n) is 10.0. The van der Waals surface area contributed by atoms with Gasteiger partial charge in [0, 0.05) is 32.2 Å². The highest BCUT2D eigenvalue weighted by Gasteiger charge is 2.43. The first-order chi connectivity index (χ1) is 12.7. The van der Waals surface area contributed by atoms with Gasteiger partial charge < -0.3 is 14.4 Å². The first-order valence-corrected chi connectivity index (χ1v) is 10.0. The Morgan fingerprint density at radius 3 is 2.54 bits per heavy atom. The van der Waals surface area contributed by atoms with E-state index in [0.29, 0.717) is 12.0 Å². The van der Waals surface area contributed by atoms with Crippen molar-refractivity contribution in [1.29, 1.82) is 0 Å². The minimum atomic E-state index is -0.161. The van der Waals surface area contributed by atoms with E-state index >= 15 is 0 Å². The number of hydrogen-bond donors (Lipinski definition) is 0. The molecule has 142 valence electrons. The number of morpholine rings is 1.